The van der Waals surface area contributed by atoms with Gasteiger partial charge in [0.05, 0.1) is 17.3 Å². The zero-order chi connectivity index (χ0) is 16.1. The lowest BCUT2D eigenvalue weighted by Crippen LogP contribution is -2.09. The molecule has 0 aliphatic rings. The number of nitrogens with two attached hydrogens (primary N) is 1. The molecule has 2 heterocycles. The van der Waals surface area contributed by atoms with Crippen LogP contribution in [0.1, 0.15) is 26.2 Å². The van der Waals surface area contributed by atoms with E-state index in [2.05, 4.69) is 44.9 Å². The van der Waals surface area contributed by atoms with Crippen LogP contribution in [0.5, 0.6) is 0 Å². The molecule has 0 atom stereocenters. The first-order valence-electron chi connectivity index (χ1n) is 7.83. The zero-order valence-corrected chi connectivity index (χ0v) is 13.2. The van der Waals surface area contributed by atoms with E-state index < -0.39 is 0 Å². The minimum Gasteiger partial charge on any atom is -0.385 e. The topological polar surface area (TPSA) is 93.7 Å². The number of nitrogens with zero attached hydrogens (tertiary/aromatic N) is 4. The zero-order valence-electron chi connectivity index (χ0n) is 13.2. The molecule has 3 rings (SSSR count). The molecule has 0 spiro atoms. The predicted octanol–water partition coefficient (Wildman–Crippen LogP) is 2.70. The third-order valence-corrected chi connectivity index (χ3v) is 3.70. The summed E-state index contributed by atoms with van der Waals surface area (Å²) in [7, 11) is 0. The average Bonchev–Trinajstić information content (AvgIpc) is 3.03. The van der Waals surface area contributed by atoms with E-state index in [4.69, 9.17) is 5.84 Å². The number of hydrogen-bond acceptors (Lipinski definition) is 6. The van der Waals surface area contributed by atoms with Crippen molar-refractivity contribution in [1.82, 2.24) is 19.7 Å². The number of nitrogen functional groups attached to an aromatic ring is 1. The van der Waals surface area contributed by atoms with E-state index in [0.29, 0.717) is 5.82 Å². The summed E-state index contributed by atoms with van der Waals surface area (Å²) in [6.07, 6.45) is 6.82. The van der Waals surface area contributed by atoms with Crippen molar-refractivity contribution in [3.63, 3.8) is 0 Å². The first-order chi connectivity index (χ1) is 11.3. The van der Waals surface area contributed by atoms with Gasteiger partial charge in [-0.25, -0.2) is 20.5 Å². The molecule has 2 aromatic heterocycles. The maximum Gasteiger partial charge on any atom is 0.168 e. The highest BCUT2D eigenvalue weighted by Crippen LogP contribution is 2.22. The molecule has 0 saturated carbocycles. The van der Waals surface area contributed by atoms with Gasteiger partial charge in [-0.1, -0.05) is 25.8 Å². The first-order valence-corrected chi connectivity index (χ1v) is 7.83. The van der Waals surface area contributed by atoms with Crippen molar-refractivity contribution in [2.45, 2.75) is 26.2 Å². The molecule has 120 valence electrons. The Morgan fingerprint density at radius 2 is 2.13 bits per heavy atom. The smallest absolute Gasteiger partial charge is 0.168 e. The molecule has 1 aromatic carbocycles. The predicted molar refractivity (Wildman–Crippen MR) is 92.5 cm³/mol. The third kappa shape index (κ3) is 3.24. The summed E-state index contributed by atoms with van der Waals surface area (Å²) >= 11 is 0. The molecule has 3 aromatic rings. The maximum absolute atomic E-state index is 5.48. The van der Waals surface area contributed by atoms with Gasteiger partial charge in [0.15, 0.2) is 11.5 Å². The number of unbranched alkanes of at least 4 members (excludes halogenated alkanes) is 2. The summed E-state index contributed by atoms with van der Waals surface area (Å²) < 4.78 is 1.79. The Kier molecular flexibility index (Phi) is 4.68. The van der Waals surface area contributed by atoms with E-state index in [1.807, 2.05) is 12.1 Å². The fourth-order valence-corrected chi connectivity index (χ4v) is 2.50. The summed E-state index contributed by atoms with van der Waals surface area (Å²) in [4.78, 5) is 8.41. The number of fused-ring (bicyclic) bond motifs is 1. The van der Waals surface area contributed by atoms with E-state index >= 15 is 0 Å². The van der Waals surface area contributed by atoms with Crippen molar-refractivity contribution >= 4 is 22.5 Å². The lowest BCUT2D eigenvalue weighted by molar-refractivity contribution is 0.743. The second kappa shape index (κ2) is 7.06. The maximum atomic E-state index is 5.48. The molecule has 23 heavy (non-hydrogen) atoms. The summed E-state index contributed by atoms with van der Waals surface area (Å²) in [5.41, 5.74) is 5.31. The first kappa shape index (κ1) is 15.2. The normalized spacial score (nSPS) is 10.9. The summed E-state index contributed by atoms with van der Waals surface area (Å²) in [5.74, 6) is 6.05. The Morgan fingerprint density at radius 1 is 1.22 bits per heavy atom. The minimum absolute atomic E-state index is 0.565. The van der Waals surface area contributed by atoms with E-state index in [1.54, 1.807) is 10.9 Å². The molecule has 0 unspecified atom stereocenters. The van der Waals surface area contributed by atoms with Gasteiger partial charge in [-0.15, -0.1) is 0 Å². The number of benzene rings is 1. The fourth-order valence-electron chi connectivity index (χ4n) is 2.50. The summed E-state index contributed by atoms with van der Waals surface area (Å²) in [6, 6.07) is 8.13. The number of rotatable bonds is 7. The van der Waals surface area contributed by atoms with Crippen molar-refractivity contribution < 1.29 is 0 Å². The van der Waals surface area contributed by atoms with Crippen LogP contribution in [0.3, 0.4) is 0 Å². The van der Waals surface area contributed by atoms with Gasteiger partial charge in [-0.05, 0) is 24.6 Å². The molecule has 7 heteroatoms. The van der Waals surface area contributed by atoms with Crippen molar-refractivity contribution in [1.29, 1.82) is 0 Å². The van der Waals surface area contributed by atoms with Crippen LogP contribution in [-0.2, 0) is 0 Å². The Bertz CT molecular complexity index is 781. The average molecular weight is 311 g/mol. The lowest BCUT2D eigenvalue weighted by Gasteiger charge is -2.09. The van der Waals surface area contributed by atoms with E-state index in [1.165, 1.54) is 25.6 Å². The molecule has 4 N–H and O–H groups in total. The van der Waals surface area contributed by atoms with Gasteiger partial charge < -0.3 is 10.7 Å². The van der Waals surface area contributed by atoms with E-state index in [9.17, 15) is 0 Å². The minimum atomic E-state index is 0.565. The molecule has 0 radical (unpaired) electrons. The van der Waals surface area contributed by atoms with Gasteiger partial charge in [0.2, 0.25) is 0 Å². The highest BCUT2D eigenvalue weighted by atomic mass is 15.3. The van der Waals surface area contributed by atoms with Crippen LogP contribution in [0.2, 0.25) is 0 Å². The highest BCUT2D eigenvalue weighted by Gasteiger charge is 2.10. The molecule has 0 amide bonds. The van der Waals surface area contributed by atoms with Gasteiger partial charge >= 0.3 is 0 Å². The number of hydrazine groups is 1. The lowest BCUT2D eigenvalue weighted by atomic mass is 10.2. The van der Waals surface area contributed by atoms with Crippen LogP contribution in [0.15, 0.2) is 36.8 Å². The van der Waals surface area contributed by atoms with Crippen LogP contribution in [0, 0.1) is 0 Å². The van der Waals surface area contributed by atoms with Crippen molar-refractivity contribution in [2.24, 2.45) is 5.84 Å². The van der Waals surface area contributed by atoms with Gasteiger partial charge in [-0.2, -0.15) is 5.10 Å². The molecule has 0 aliphatic carbocycles. The molecule has 0 bridgehead atoms. The molecule has 0 fully saturated rings. The second-order valence-corrected chi connectivity index (χ2v) is 5.34. The quantitative estimate of drug-likeness (QED) is 0.353. The van der Waals surface area contributed by atoms with Crippen LogP contribution < -0.4 is 16.6 Å². The van der Waals surface area contributed by atoms with Crippen LogP contribution in [0.25, 0.3) is 16.7 Å². The van der Waals surface area contributed by atoms with Crippen molar-refractivity contribution in [3.8, 4) is 5.69 Å². The largest absolute Gasteiger partial charge is 0.385 e. The van der Waals surface area contributed by atoms with Gasteiger partial charge in [0.1, 0.15) is 6.33 Å². The fraction of sp³-hybridized carbons (Fsp3) is 0.312. The second-order valence-electron chi connectivity index (χ2n) is 5.34. The number of anilines is 2. The number of aromatic nitrogens is 4. The van der Waals surface area contributed by atoms with Crippen LogP contribution in [-0.4, -0.2) is 26.3 Å². The monoisotopic (exact) mass is 311 g/mol. The van der Waals surface area contributed by atoms with Gasteiger partial charge in [0, 0.05) is 12.2 Å². The van der Waals surface area contributed by atoms with E-state index in [-0.39, 0.29) is 0 Å². The molecule has 0 saturated heterocycles. The standard InChI is InChI=1S/C16H21N7/c1-2-3-4-8-18-12-6-5-7-13(9-12)23-16-14(10-21-23)15(22-17)19-11-20-16/h5-7,9-11,18H,2-4,8,17H2,1H3,(H,19,20,22). The molecule has 0 aliphatic heterocycles. The Hall–Kier alpha value is -2.67. The Balaban J connectivity index is 1.87. The SMILES string of the molecule is CCCCCNc1cccc(-n2ncc3c(NN)ncnc32)c1. The van der Waals surface area contributed by atoms with Gasteiger partial charge in [-0.3, -0.25) is 0 Å². The van der Waals surface area contributed by atoms with Crippen LogP contribution in [0.4, 0.5) is 11.5 Å². The molecular weight excluding hydrogens is 290 g/mol. The Labute approximate surface area is 134 Å². The third-order valence-electron chi connectivity index (χ3n) is 3.70. The van der Waals surface area contributed by atoms with E-state index in [0.717, 1.165) is 29.0 Å². The molecule has 7 nitrogen and oxygen atoms in total. The van der Waals surface area contributed by atoms with Crippen LogP contribution >= 0.6 is 0 Å². The number of hydrogen-bond donors (Lipinski definition) is 3. The number of nitrogens with one attached hydrogen (secondary N) is 2. The molecular formula is C16H21N7. The highest BCUT2D eigenvalue weighted by molar-refractivity contribution is 5.86. The summed E-state index contributed by atoms with van der Waals surface area (Å²) in [6.45, 7) is 3.18. The summed E-state index contributed by atoms with van der Waals surface area (Å²) in [5, 5.41) is 8.65. The van der Waals surface area contributed by atoms with Gasteiger partial charge in [0.25, 0.3) is 0 Å². The van der Waals surface area contributed by atoms with Crippen molar-refractivity contribution in [3.05, 3.63) is 36.8 Å². The Morgan fingerprint density at radius 3 is 2.96 bits per heavy atom. The van der Waals surface area contributed by atoms with Crippen molar-refractivity contribution in [2.75, 3.05) is 17.3 Å².